The van der Waals surface area contributed by atoms with Crippen molar-refractivity contribution in [3.8, 4) is 0 Å². The first-order valence-electron chi connectivity index (χ1n) is 8.96. The number of amides is 2. The van der Waals surface area contributed by atoms with Crippen molar-refractivity contribution in [3.05, 3.63) is 71.6 Å². The molecule has 1 saturated carbocycles. The molecule has 28 heavy (non-hydrogen) atoms. The minimum absolute atomic E-state index is 0.0362. The fourth-order valence-electron chi connectivity index (χ4n) is 2.51. The summed E-state index contributed by atoms with van der Waals surface area (Å²) < 4.78 is 0. The molecule has 0 spiro atoms. The van der Waals surface area contributed by atoms with E-state index < -0.39 is 0 Å². The average Bonchev–Trinajstić information content (AvgIpc) is 3.47. The first kappa shape index (κ1) is 18.1. The van der Waals surface area contributed by atoms with Gasteiger partial charge in [-0.2, -0.15) is 10.2 Å². The molecule has 7 heteroatoms. The minimum atomic E-state index is -0.212. The van der Waals surface area contributed by atoms with Crippen LogP contribution in [0.15, 0.2) is 77.0 Å². The van der Waals surface area contributed by atoms with E-state index in [0.29, 0.717) is 21.3 Å². The van der Waals surface area contributed by atoms with E-state index in [1.165, 1.54) is 11.3 Å². The molecule has 2 amide bonds. The maximum Gasteiger partial charge on any atom is 0.265 e. The number of hydrogen-bond acceptors (Lipinski definition) is 5. The summed E-state index contributed by atoms with van der Waals surface area (Å²) in [5.74, 6) is -0.0402. The lowest BCUT2D eigenvalue weighted by Gasteiger charge is -2.03. The predicted molar refractivity (Wildman–Crippen MR) is 111 cm³/mol. The Kier molecular flexibility index (Phi) is 5.25. The lowest BCUT2D eigenvalue weighted by atomic mass is 10.3. The van der Waals surface area contributed by atoms with Gasteiger partial charge in [-0.25, -0.2) is 0 Å². The Morgan fingerprint density at radius 2 is 1.50 bits per heavy atom. The van der Waals surface area contributed by atoms with Crippen LogP contribution in [0.3, 0.4) is 0 Å². The van der Waals surface area contributed by atoms with Gasteiger partial charge in [-0.15, -0.1) is 11.3 Å². The van der Waals surface area contributed by atoms with E-state index in [-0.39, 0.29) is 17.7 Å². The van der Waals surface area contributed by atoms with Crippen LogP contribution in [0.4, 0.5) is 22.1 Å². The molecule has 6 nitrogen and oxygen atoms in total. The fourth-order valence-corrected chi connectivity index (χ4v) is 3.31. The molecule has 0 aliphatic heterocycles. The van der Waals surface area contributed by atoms with Gasteiger partial charge in [0.25, 0.3) is 5.91 Å². The van der Waals surface area contributed by atoms with Gasteiger partial charge in [-0.05, 0) is 61.4 Å². The third kappa shape index (κ3) is 4.69. The number of nitrogens with one attached hydrogen (secondary N) is 2. The summed E-state index contributed by atoms with van der Waals surface area (Å²) >= 11 is 1.27. The van der Waals surface area contributed by atoms with Gasteiger partial charge in [0.05, 0.1) is 21.3 Å². The summed E-state index contributed by atoms with van der Waals surface area (Å²) in [7, 11) is 0. The maximum absolute atomic E-state index is 12.4. The smallest absolute Gasteiger partial charge is 0.265 e. The van der Waals surface area contributed by atoms with Gasteiger partial charge < -0.3 is 10.6 Å². The first-order valence-corrected chi connectivity index (χ1v) is 9.78. The number of nitrogens with zero attached hydrogens (tertiary/aromatic N) is 2. The Morgan fingerprint density at radius 3 is 2.18 bits per heavy atom. The van der Waals surface area contributed by atoms with Crippen LogP contribution in [0.25, 0.3) is 0 Å². The van der Waals surface area contributed by atoms with E-state index in [4.69, 9.17) is 0 Å². The zero-order valence-corrected chi connectivity index (χ0v) is 15.8. The molecule has 1 aromatic heterocycles. The van der Waals surface area contributed by atoms with Crippen molar-refractivity contribution in [2.24, 2.45) is 16.1 Å². The Hall–Kier alpha value is -3.32. The topological polar surface area (TPSA) is 82.9 Å². The predicted octanol–water partition coefficient (Wildman–Crippen LogP) is 5.76. The summed E-state index contributed by atoms with van der Waals surface area (Å²) in [6, 6.07) is 20.1. The van der Waals surface area contributed by atoms with Crippen molar-refractivity contribution in [3.63, 3.8) is 0 Å². The number of carbonyl (C=O) groups excluding carboxylic acids is 2. The molecule has 0 unspecified atom stereocenters. The van der Waals surface area contributed by atoms with Crippen LogP contribution in [-0.4, -0.2) is 11.8 Å². The molecule has 140 valence electrons. The summed E-state index contributed by atoms with van der Waals surface area (Å²) in [5.41, 5.74) is 2.14. The summed E-state index contributed by atoms with van der Waals surface area (Å²) in [5, 5.41) is 14.7. The summed E-state index contributed by atoms with van der Waals surface area (Å²) in [6.45, 7) is 0. The Bertz CT molecular complexity index is 1010. The van der Waals surface area contributed by atoms with Crippen LogP contribution in [0.2, 0.25) is 0 Å². The van der Waals surface area contributed by atoms with E-state index in [1.807, 2.05) is 30.3 Å². The highest BCUT2D eigenvalue weighted by Gasteiger charge is 2.29. The van der Waals surface area contributed by atoms with Crippen LogP contribution >= 0.6 is 11.3 Å². The standard InChI is InChI=1S/C21H18N4O2S/c26-20(14-6-7-14)23-19-13-12-18(28-19)21(27)22-15-8-10-17(11-9-15)25-24-16-4-2-1-3-5-16/h1-5,8-14H,6-7H2,(H,22,27)(H,23,26). The van der Waals surface area contributed by atoms with Crippen molar-refractivity contribution in [1.82, 2.24) is 0 Å². The van der Waals surface area contributed by atoms with Crippen LogP contribution in [0, 0.1) is 5.92 Å². The molecule has 2 N–H and O–H groups in total. The monoisotopic (exact) mass is 390 g/mol. The highest BCUT2D eigenvalue weighted by molar-refractivity contribution is 7.18. The highest BCUT2D eigenvalue weighted by atomic mass is 32.1. The van der Waals surface area contributed by atoms with Gasteiger partial charge in [-0.3, -0.25) is 9.59 Å². The number of hydrogen-bond donors (Lipinski definition) is 2. The van der Waals surface area contributed by atoms with Gasteiger partial charge in [-0.1, -0.05) is 18.2 Å². The zero-order chi connectivity index (χ0) is 19.3. The van der Waals surface area contributed by atoms with E-state index in [0.717, 1.165) is 18.5 Å². The summed E-state index contributed by atoms with van der Waals surface area (Å²) in [6.07, 6.45) is 1.90. The lowest BCUT2D eigenvalue weighted by molar-refractivity contribution is -0.117. The van der Waals surface area contributed by atoms with Crippen molar-refractivity contribution >= 4 is 45.2 Å². The van der Waals surface area contributed by atoms with Crippen molar-refractivity contribution in [1.29, 1.82) is 0 Å². The van der Waals surface area contributed by atoms with Crippen LogP contribution in [-0.2, 0) is 4.79 Å². The molecule has 0 atom stereocenters. The molecule has 1 heterocycles. The molecule has 3 aromatic rings. The van der Waals surface area contributed by atoms with Gasteiger partial charge in [0.1, 0.15) is 0 Å². The van der Waals surface area contributed by atoms with E-state index >= 15 is 0 Å². The molecular weight excluding hydrogens is 372 g/mol. The third-order valence-corrected chi connectivity index (χ3v) is 5.19. The second kappa shape index (κ2) is 8.14. The Morgan fingerprint density at radius 1 is 0.821 bits per heavy atom. The average molecular weight is 390 g/mol. The summed E-state index contributed by atoms with van der Waals surface area (Å²) in [4.78, 5) is 24.7. The molecule has 0 radical (unpaired) electrons. The molecule has 1 fully saturated rings. The van der Waals surface area contributed by atoms with Crippen LogP contribution < -0.4 is 10.6 Å². The molecule has 4 rings (SSSR count). The largest absolute Gasteiger partial charge is 0.321 e. The molecule has 1 aliphatic rings. The Balaban J connectivity index is 1.35. The molecule has 0 saturated heterocycles. The van der Waals surface area contributed by atoms with Gasteiger partial charge >= 0.3 is 0 Å². The number of rotatable bonds is 6. The number of carbonyl (C=O) groups is 2. The van der Waals surface area contributed by atoms with Crippen molar-refractivity contribution in [2.75, 3.05) is 10.6 Å². The van der Waals surface area contributed by atoms with Crippen molar-refractivity contribution < 1.29 is 9.59 Å². The zero-order valence-electron chi connectivity index (χ0n) is 15.0. The first-order chi connectivity index (χ1) is 13.7. The normalized spacial score (nSPS) is 13.4. The van der Waals surface area contributed by atoms with E-state index in [2.05, 4.69) is 20.9 Å². The van der Waals surface area contributed by atoms with Crippen LogP contribution in [0.5, 0.6) is 0 Å². The molecular formula is C21H18N4O2S. The van der Waals surface area contributed by atoms with Gasteiger partial charge in [0.2, 0.25) is 5.91 Å². The minimum Gasteiger partial charge on any atom is -0.321 e. The van der Waals surface area contributed by atoms with E-state index in [1.54, 1.807) is 36.4 Å². The quantitative estimate of drug-likeness (QED) is 0.524. The maximum atomic E-state index is 12.4. The van der Waals surface area contributed by atoms with Gasteiger partial charge in [0.15, 0.2) is 0 Å². The van der Waals surface area contributed by atoms with Crippen LogP contribution in [0.1, 0.15) is 22.5 Å². The number of anilines is 2. The van der Waals surface area contributed by atoms with E-state index in [9.17, 15) is 9.59 Å². The highest BCUT2D eigenvalue weighted by Crippen LogP contribution is 2.31. The number of benzene rings is 2. The SMILES string of the molecule is O=C(Nc1ccc(N=Nc2ccccc2)cc1)c1ccc(NC(=O)C2CC2)s1. The van der Waals surface area contributed by atoms with Gasteiger partial charge in [0, 0.05) is 11.6 Å². The molecule has 0 bridgehead atoms. The fraction of sp³-hybridized carbons (Fsp3) is 0.143. The third-order valence-electron chi connectivity index (χ3n) is 4.19. The second-order valence-electron chi connectivity index (χ2n) is 6.46. The second-order valence-corrected chi connectivity index (χ2v) is 7.55. The Labute approximate surface area is 166 Å². The molecule has 1 aliphatic carbocycles. The number of azo groups is 1. The molecule has 2 aromatic carbocycles. The lowest BCUT2D eigenvalue weighted by Crippen LogP contribution is -2.12. The van der Waals surface area contributed by atoms with Crippen molar-refractivity contribution in [2.45, 2.75) is 12.8 Å². The number of thiophene rings is 1.